The second kappa shape index (κ2) is 5.93. The number of likely N-dealkylation sites (N-methyl/N-ethyl adjacent to an activating group) is 1. The van der Waals surface area contributed by atoms with E-state index >= 15 is 0 Å². The predicted octanol–water partition coefficient (Wildman–Crippen LogP) is -0.156. The molecule has 0 spiro atoms. The van der Waals surface area contributed by atoms with Gasteiger partial charge < -0.3 is 5.73 Å². The Bertz CT molecular complexity index is 405. The number of nitrogens with zero attached hydrogens (tertiary/aromatic N) is 2. The molecule has 1 heterocycles. The van der Waals surface area contributed by atoms with Gasteiger partial charge in [0.1, 0.15) is 0 Å². The first-order chi connectivity index (χ1) is 7.56. The van der Waals surface area contributed by atoms with Crippen molar-refractivity contribution in [2.75, 3.05) is 25.9 Å². The third kappa shape index (κ3) is 3.88. The van der Waals surface area contributed by atoms with Crippen LogP contribution in [0.2, 0.25) is 0 Å². The molecule has 1 rings (SSSR count). The van der Waals surface area contributed by atoms with Crippen LogP contribution in [0.15, 0.2) is 24.5 Å². The van der Waals surface area contributed by atoms with E-state index < -0.39 is 10.0 Å². The van der Waals surface area contributed by atoms with E-state index in [4.69, 9.17) is 5.73 Å². The molecule has 0 radical (unpaired) electrons. The standard InChI is InChI=1S/C10H17N3O2S/c1-13(8-5-11)16(14,15)9-4-10-2-6-12-7-3-10/h2-3,6-7H,4-5,8-9,11H2,1H3. The van der Waals surface area contributed by atoms with Gasteiger partial charge in [-0.2, -0.15) is 0 Å². The molecule has 16 heavy (non-hydrogen) atoms. The Labute approximate surface area is 96.3 Å². The molecule has 6 heteroatoms. The van der Waals surface area contributed by atoms with Gasteiger partial charge >= 0.3 is 0 Å². The summed E-state index contributed by atoms with van der Waals surface area (Å²) < 4.78 is 24.8. The Balaban J connectivity index is 2.55. The highest BCUT2D eigenvalue weighted by Crippen LogP contribution is 2.03. The highest BCUT2D eigenvalue weighted by Gasteiger charge is 2.16. The van der Waals surface area contributed by atoms with Crippen LogP contribution in [0.1, 0.15) is 5.56 Å². The first kappa shape index (κ1) is 13.1. The van der Waals surface area contributed by atoms with E-state index in [-0.39, 0.29) is 5.75 Å². The van der Waals surface area contributed by atoms with Crippen LogP contribution >= 0.6 is 0 Å². The first-order valence-electron chi connectivity index (χ1n) is 5.09. The molecule has 0 atom stereocenters. The summed E-state index contributed by atoms with van der Waals surface area (Å²) >= 11 is 0. The minimum atomic E-state index is -3.19. The van der Waals surface area contributed by atoms with Crippen LogP contribution < -0.4 is 5.73 Å². The molecule has 90 valence electrons. The number of hydrogen-bond donors (Lipinski definition) is 1. The quantitative estimate of drug-likeness (QED) is 0.753. The minimum absolute atomic E-state index is 0.105. The molecule has 0 aliphatic rings. The summed E-state index contributed by atoms with van der Waals surface area (Å²) in [6.45, 7) is 0.698. The molecule has 0 fully saturated rings. The molecule has 0 bridgehead atoms. The van der Waals surface area contributed by atoms with E-state index in [0.29, 0.717) is 19.5 Å². The molecule has 5 nitrogen and oxygen atoms in total. The Morgan fingerprint density at radius 3 is 2.56 bits per heavy atom. The molecule has 0 saturated carbocycles. The lowest BCUT2D eigenvalue weighted by Crippen LogP contribution is -2.34. The highest BCUT2D eigenvalue weighted by molar-refractivity contribution is 7.89. The number of hydrogen-bond acceptors (Lipinski definition) is 4. The maximum absolute atomic E-state index is 11.7. The van der Waals surface area contributed by atoms with E-state index in [1.165, 1.54) is 4.31 Å². The molecule has 0 amide bonds. The van der Waals surface area contributed by atoms with Gasteiger partial charge in [-0.15, -0.1) is 0 Å². The van der Waals surface area contributed by atoms with Crippen LogP contribution in [-0.2, 0) is 16.4 Å². The Hall–Kier alpha value is -0.980. The maximum Gasteiger partial charge on any atom is 0.214 e. The summed E-state index contributed by atoms with van der Waals surface area (Å²) in [4.78, 5) is 3.88. The molecular formula is C10H17N3O2S. The van der Waals surface area contributed by atoms with Crippen LogP contribution in [0, 0.1) is 0 Å². The molecule has 1 aromatic heterocycles. The second-order valence-corrected chi connectivity index (χ2v) is 5.73. The van der Waals surface area contributed by atoms with Gasteiger partial charge in [0, 0.05) is 32.5 Å². The van der Waals surface area contributed by atoms with Gasteiger partial charge in [0.2, 0.25) is 10.0 Å². The predicted molar refractivity (Wildman–Crippen MR) is 63.4 cm³/mol. The second-order valence-electron chi connectivity index (χ2n) is 3.53. The molecule has 0 aliphatic heterocycles. The third-order valence-electron chi connectivity index (χ3n) is 2.32. The first-order valence-corrected chi connectivity index (χ1v) is 6.70. The average Bonchev–Trinajstić information content (AvgIpc) is 2.28. The zero-order valence-corrected chi connectivity index (χ0v) is 10.2. The fourth-order valence-corrected chi connectivity index (χ4v) is 2.46. The third-order valence-corrected chi connectivity index (χ3v) is 4.17. The van der Waals surface area contributed by atoms with Crippen molar-refractivity contribution >= 4 is 10.0 Å². The van der Waals surface area contributed by atoms with Crippen molar-refractivity contribution in [1.82, 2.24) is 9.29 Å². The summed E-state index contributed by atoms with van der Waals surface area (Å²) in [5.74, 6) is 0.105. The monoisotopic (exact) mass is 243 g/mol. The van der Waals surface area contributed by atoms with Gasteiger partial charge in [-0.05, 0) is 24.1 Å². The van der Waals surface area contributed by atoms with Crippen LogP contribution in [0.25, 0.3) is 0 Å². The SMILES string of the molecule is CN(CCN)S(=O)(=O)CCc1ccncc1. The number of pyridine rings is 1. The van der Waals surface area contributed by atoms with Crippen molar-refractivity contribution in [3.05, 3.63) is 30.1 Å². The highest BCUT2D eigenvalue weighted by atomic mass is 32.2. The van der Waals surface area contributed by atoms with Crippen molar-refractivity contribution in [3.63, 3.8) is 0 Å². The van der Waals surface area contributed by atoms with Gasteiger partial charge in [0.25, 0.3) is 0 Å². The van der Waals surface area contributed by atoms with Gasteiger partial charge in [-0.25, -0.2) is 12.7 Å². The molecule has 0 aromatic carbocycles. The Morgan fingerprint density at radius 2 is 2.00 bits per heavy atom. The molecule has 2 N–H and O–H groups in total. The summed E-state index contributed by atoms with van der Waals surface area (Å²) in [6, 6.07) is 3.64. The number of aryl methyl sites for hydroxylation is 1. The molecular weight excluding hydrogens is 226 g/mol. The lowest BCUT2D eigenvalue weighted by atomic mass is 10.2. The summed E-state index contributed by atoms with van der Waals surface area (Å²) in [7, 11) is -1.64. The van der Waals surface area contributed by atoms with E-state index in [2.05, 4.69) is 4.98 Å². The van der Waals surface area contributed by atoms with Gasteiger partial charge in [-0.3, -0.25) is 4.98 Å². The Morgan fingerprint density at radius 1 is 1.38 bits per heavy atom. The van der Waals surface area contributed by atoms with Crippen molar-refractivity contribution in [3.8, 4) is 0 Å². The lowest BCUT2D eigenvalue weighted by molar-refractivity contribution is 0.476. The molecule has 0 saturated heterocycles. The zero-order valence-electron chi connectivity index (χ0n) is 9.33. The van der Waals surface area contributed by atoms with Gasteiger partial charge in [-0.1, -0.05) is 0 Å². The van der Waals surface area contributed by atoms with E-state index in [1.807, 2.05) is 12.1 Å². The smallest absolute Gasteiger partial charge is 0.214 e. The van der Waals surface area contributed by atoms with E-state index in [9.17, 15) is 8.42 Å². The number of rotatable bonds is 6. The topological polar surface area (TPSA) is 76.3 Å². The van der Waals surface area contributed by atoms with Gasteiger partial charge in [0.15, 0.2) is 0 Å². The summed E-state index contributed by atoms with van der Waals surface area (Å²) in [5.41, 5.74) is 6.29. The van der Waals surface area contributed by atoms with Crippen LogP contribution in [0.3, 0.4) is 0 Å². The average molecular weight is 243 g/mol. The fraction of sp³-hybridized carbons (Fsp3) is 0.500. The summed E-state index contributed by atoms with van der Waals surface area (Å²) in [6.07, 6.45) is 3.82. The van der Waals surface area contributed by atoms with Crippen molar-refractivity contribution < 1.29 is 8.42 Å². The van der Waals surface area contributed by atoms with Gasteiger partial charge in [0.05, 0.1) is 5.75 Å². The van der Waals surface area contributed by atoms with E-state index in [0.717, 1.165) is 5.56 Å². The number of nitrogens with two attached hydrogens (primary N) is 1. The van der Waals surface area contributed by atoms with E-state index in [1.54, 1.807) is 19.4 Å². The molecule has 1 aromatic rings. The minimum Gasteiger partial charge on any atom is -0.329 e. The van der Waals surface area contributed by atoms with Crippen LogP contribution in [0.5, 0.6) is 0 Å². The number of aromatic nitrogens is 1. The molecule has 0 unspecified atom stereocenters. The number of sulfonamides is 1. The summed E-state index contributed by atoms with van der Waals surface area (Å²) in [5, 5.41) is 0. The normalized spacial score (nSPS) is 11.9. The zero-order chi connectivity index (χ0) is 12.0. The fourth-order valence-electron chi connectivity index (χ4n) is 1.27. The van der Waals surface area contributed by atoms with Crippen molar-refractivity contribution in [1.29, 1.82) is 0 Å². The molecule has 0 aliphatic carbocycles. The lowest BCUT2D eigenvalue weighted by Gasteiger charge is -2.15. The van der Waals surface area contributed by atoms with Crippen LogP contribution in [0.4, 0.5) is 0 Å². The van der Waals surface area contributed by atoms with Crippen molar-refractivity contribution in [2.45, 2.75) is 6.42 Å². The van der Waals surface area contributed by atoms with Crippen molar-refractivity contribution in [2.24, 2.45) is 5.73 Å². The Kier molecular flexibility index (Phi) is 4.85. The van der Waals surface area contributed by atoms with Crippen LogP contribution in [-0.4, -0.2) is 43.6 Å². The maximum atomic E-state index is 11.7. The largest absolute Gasteiger partial charge is 0.329 e.